The van der Waals surface area contributed by atoms with E-state index >= 15 is 0 Å². The smallest absolute Gasteiger partial charge is 0.337 e. The second-order valence-corrected chi connectivity index (χ2v) is 5.54. The molecule has 0 unspecified atom stereocenters. The van der Waals surface area contributed by atoms with Crippen molar-refractivity contribution < 1.29 is 19.5 Å². The van der Waals surface area contributed by atoms with E-state index in [-0.39, 0.29) is 35.7 Å². The highest BCUT2D eigenvalue weighted by molar-refractivity contribution is 5.94. The van der Waals surface area contributed by atoms with Crippen LogP contribution in [0.2, 0.25) is 0 Å². The second-order valence-electron chi connectivity index (χ2n) is 5.54. The third kappa shape index (κ3) is 6.03. The number of carboxylic acid groups (broad SMARTS) is 1. The molecule has 0 aliphatic carbocycles. The number of amides is 2. The van der Waals surface area contributed by atoms with Crippen LogP contribution in [0.25, 0.3) is 0 Å². The third-order valence-corrected chi connectivity index (χ3v) is 2.40. The normalized spacial score (nSPS) is 10.8. The number of carbonyl (C=O) groups excluding carboxylic acids is 2. The van der Waals surface area contributed by atoms with Crippen molar-refractivity contribution in [3.05, 3.63) is 29.6 Å². The van der Waals surface area contributed by atoms with Crippen LogP contribution in [0.5, 0.6) is 0 Å². The molecule has 0 aromatic carbocycles. The summed E-state index contributed by atoms with van der Waals surface area (Å²) in [4.78, 5) is 37.7. The zero-order valence-electron chi connectivity index (χ0n) is 12.3. The van der Waals surface area contributed by atoms with E-state index < -0.39 is 11.9 Å². The van der Waals surface area contributed by atoms with Gasteiger partial charge in [-0.25, -0.2) is 4.79 Å². The molecule has 0 spiro atoms. The van der Waals surface area contributed by atoms with Gasteiger partial charge in [0.25, 0.3) is 5.91 Å². The van der Waals surface area contributed by atoms with Crippen molar-refractivity contribution in [2.75, 3.05) is 6.54 Å². The molecule has 1 rings (SSSR count). The van der Waals surface area contributed by atoms with Crippen LogP contribution in [0.3, 0.4) is 0 Å². The van der Waals surface area contributed by atoms with E-state index in [0.29, 0.717) is 0 Å². The van der Waals surface area contributed by atoms with Gasteiger partial charge in [-0.05, 0) is 32.9 Å². The minimum Gasteiger partial charge on any atom is -0.478 e. The Labute approximate surface area is 122 Å². The van der Waals surface area contributed by atoms with Gasteiger partial charge in [-0.2, -0.15) is 0 Å². The molecule has 114 valence electrons. The largest absolute Gasteiger partial charge is 0.478 e. The molecule has 21 heavy (non-hydrogen) atoms. The van der Waals surface area contributed by atoms with Crippen LogP contribution in [-0.4, -0.2) is 40.0 Å². The lowest BCUT2D eigenvalue weighted by atomic mass is 10.1. The zero-order chi connectivity index (χ0) is 16.0. The summed E-state index contributed by atoms with van der Waals surface area (Å²) in [5.74, 6) is -1.71. The Morgan fingerprint density at radius 2 is 1.90 bits per heavy atom. The Morgan fingerprint density at radius 3 is 2.38 bits per heavy atom. The van der Waals surface area contributed by atoms with Gasteiger partial charge in [0.2, 0.25) is 5.91 Å². The summed E-state index contributed by atoms with van der Waals surface area (Å²) < 4.78 is 0. The number of hydrogen-bond donors (Lipinski definition) is 3. The zero-order valence-corrected chi connectivity index (χ0v) is 12.3. The van der Waals surface area contributed by atoms with Crippen LogP contribution in [0.4, 0.5) is 0 Å². The van der Waals surface area contributed by atoms with Gasteiger partial charge in [0.05, 0.1) is 5.56 Å². The van der Waals surface area contributed by atoms with E-state index in [1.807, 2.05) is 20.8 Å². The Hall–Kier alpha value is -2.44. The number of aromatic nitrogens is 1. The summed E-state index contributed by atoms with van der Waals surface area (Å²) in [5, 5.41) is 14.1. The van der Waals surface area contributed by atoms with Crippen LogP contribution < -0.4 is 10.6 Å². The predicted octanol–water partition coefficient (Wildman–Crippen LogP) is 0.814. The number of pyridine rings is 1. The molecule has 1 heterocycles. The molecule has 7 nitrogen and oxygen atoms in total. The average molecular weight is 293 g/mol. The number of aromatic carboxylic acids is 1. The molecule has 1 aromatic heterocycles. The number of carbonyl (C=O) groups is 3. The van der Waals surface area contributed by atoms with Gasteiger partial charge >= 0.3 is 5.97 Å². The molecule has 0 aliphatic rings. The molecule has 2 amide bonds. The lowest BCUT2D eigenvalue weighted by Crippen LogP contribution is -2.42. The molecule has 0 saturated carbocycles. The first-order chi connectivity index (χ1) is 9.69. The highest BCUT2D eigenvalue weighted by Gasteiger charge is 2.14. The van der Waals surface area contributed by atoms with Crippen molar-refractivity contribution >= 4 is 17.8 Å². The molecule has 0 radical (unpaired) electrons. The SMILES string of the molecule is CC(C)(C)NC(=O)CCNC(=O)c1ccc(C(=O)O)cn1. The van der Waals surface area contributed by atoms with Gasteiger partial charge in [0, 0.05) is 24.7 Å². The van der Waals surface area contributed by atoms with E-state index in [1.165, 1.54) is 12.1 Å². The van der Waals surface area contributed by atoms with Gasteiger partial charge in [-0.3, -0.25) is 14.6 Å². The topological polar surface area (TPSA) is 108 Å². The Bertz CT molecular complexity index is 532. The van der Waals surface area contributed by atoms with E-state index in [9.17, 15) is 14.4 Å². The van der Waals surface area contributed by atoms with E-state index in [1.54, 1.807) is 0 Å². The molecule has 0 bridgehead atoms. The molecule has 3 N–H and O–H groups in total. The molecule has 0 aliphatic heterocycles. The summed E-state index contributed by atoms with van der Waals surface area (Å²) in [6.45, 7) is 5.80. The molecule has 0 fully saturated rings. The van der Waals surface area contributed by atoms with Crippen LogP contribution in [0.15, 0.2) is 18.3 Å². The number of rotatable bonds is 5. The monoisotopic (exact) mass is 293 g/mol. The van der Waals surface area contributed by atoms with Crippen LogP contribution in [0, 0.1) is 0 Å². The minimum atomic E-state index is -1.10. The van der Waals surface area contributed by atoms with E-state index in [4.69, 9.17) is 5.11 Å². The van der Waals surface area contributed by atoms with Crippen molar-refractivity contribution in [3.8, 4) is 0 Å². The molecule has 0 saturated heterocycles. The molecular formula is C14H19N3O4. The maximum absolute atomic E-state index is 11.7. The fourth-order valence-electron chi connectivity index (χ4n) is 1.52. The Morgan fingerprint density at radius 1 is 1.24 bits per heavy atom. The fraction of sp³-hybridized carbons (Fsp3) is 0.429. The number of nitrogens with one attached hydrogen (secondary N) is 2. The number of carboxylic acids is 1. The quantitative estimate of drug-likeness (QED) is 0.744. The number of hydrogen-bond acceptors (Lipinski definition) is 4. The van der Waals surface area contributed by atoms with Gasteiger partial charge in [0.15, 0.2) is 0 Å². The summed E-state index contributed by atoms with van der Waals surface area (Å²) in [5.41, 5.74) is -0.192. The Kier molecular flexibility index (Phi) is 5.40. The fourth-order valence-corrected chi connectivity index (χ4v) is 1.52. The molecule has 1 aromatic rings. The lowest BCUT2D eigenvalue weighted by Gasteiger charge is -2.20. The third-order valence-electron chi connectivity index (χ3n) is 2.40. The Balaban J connectivity index is 2.44. The van der Waals surface area contributed by atoms with E-state index in [0.717, 1.165) is 6.20 Å². The van der Waals surface area contributed by atoms with Crippen molar-refractivity contribution in [2.45, 2.75) is 32.7 Å². The highest BCUT2D eigenvalue weighted by Crippen LogP contribution is 2.01. The molecule has 0 atom stereocenters. The summed E-state index contributed by atoms with van der Waals surface area (Å²) in [6, 6.07) is 2.63. The lowest BCUT2D eigenvalue weighted by molar-refractivity contribution is -0.122. The highest BCUT2D eigenvalue weighted by atomic mass is 16.4. The van der Waals surface area contributed by atoms with Gasteiger partial charge < -0.3 is 15.7 Å². The van der Waals surface area contributed by atoms with Crippen molar-refractivity contribution in [1.29, 1.82) is 0 Å². The van der Waals surface area contributed by atoms with Crippen molar-refractivity contribution in [1.82, 2.24) is 15.6 Å². The van der Waals surface area contributed by atoms with Gasteiger partial charge in [-0.1, -0.05) is 0 Å². The van der Waals surface area contributed by atoms with Crippen LogP contribution in [-0.2, 0) is 4.79 Å². The maximum atomic E-state index is 11.7. The second kappa shape index (κ2) is 6.83. The summed E-state index contributed by atoms with van der Waals surface area (Å²) >= 11 is 0. The molecular weight excluding hydrogens is 274 g/mol. The van der Waals surface area contributed by atoms with Crippen LogP contribution in [0.1, 0.15) is 48.0 Å². The minimum absolute atomic E-state index is 0.0103. The van der Waals surface area contributed by atoms with Gasteiger partial charge in [0.1, 0.15) is 5.69 Å². The van der Waals surface area contributed by atoms with Crippen molar-refractivity contribution in [3.63, 3.8) is 0 Å². The number of nitrogens with zero attached hydrogens (tertiary/aromatic N) is 1. The summed E-state index contributed by atoms with van der Waals surface area (Å²) in [6.07, 6.45) is 1.28. The average Bonchev–Trinajstić information content (AvgIpc) is 2.36. The van der Waals surface area contributed by atoms with E-state index in [2.05, 4.69) is 15.6 Å². The first kappa shape index (κ1) is 16.6. The van der Waals surface area contributed by atoms with Crippen molar-refractivity contribution in [2.24, 2.45) is 0 Å². The maximum Gasteiger partial charge on any atom is 0.337 e. The summed E-state index contributed by atoms with van der Waals surface area (Å²) in [7, 11) is 0. The first-order valence-electron chi connectivity index (χ1n) is 6.47. The van der Waals surface area contributed by atoms with Crippen LogP contribution >= 0.6 is 0 Å². The standard InChI is InChI=1S/C14H19N3O4/c1-14(2,3)17-11(18)6-7-15-12(19)10-5-4-9(8-16-10)13(20)21/h4-5,8H,6-7H2,1-3H3,(H,15,19)(H,17,18)(H,20,21). The molecule has 7 heteroatoms. The van der Waals surface area contributed by atoms with Gasteiger partial charge in [-0.15, -0.1) is 0 Å². The first-order valence-corrected chi connectivity index (χ1v) is 6.47. The predicted molar refractivity (Wildman–Crippen MR) is 76.0 cm³/mol.